The van der Waals surface area contributed by atoms with E-state index in [2.05, 4.69) is 10.1 Å². The summed E-state index contributed by atoms with van der Waals surface area (Å²) in [7, 11) is -3.97. The number of carbonyl (C=O) groups excluding carboxylic acids is 1. The molecule has 1 amide bonds. The van der Waals surface area contributed by atoms with Gasteiger partial charge in [0.15, 0.2) is 0 Å². The van der Waals surface area contributed by atoms with Gasteiger partial charge in [0.25, 0.3) is 0 Å². The number of hydrogen-bond donors (Lipinski definition) is 1. The lowest BCUT2D eigenvalue weighted by Gasteiger charge is -2.36. The van der Waals surface area contributed by atoms with Crippen molar-refractivity contribution >= 4 is 26.8 Å². The second-order valence-electron chi connectivity index (χ2n) is 9.52. The summed E-state index contributed by atoms with van der Waals surface area (Å²) < 4.78 is 36.0. The van der Waals surface area contributed by atoms with E-state index in [0.717, 1.165) is 37.7 Å². The summed E-state index contributed by atoms with van der Waals surface area (Å²) in [5, 5.41) is 4.61. The van der Waals surface area contributed by atoms with Crippen LogP contribution in [0.2, 0.25) is 0 Å². The summed E-state index contributed by atoms with van der Waals surface area (Å²) in [6.07, 6.45) is 7.26. The van der Waals surface area contributed by atoms with Gasteiger partial charge in [0.2, 0.25) is 15.9 Å². The highest BCUT2D eigenvalue weighted by Gasteiger charge is 2.46. The number of aryl methyl sites for hydroxylation is 2. The molecule has 2 atom stereocenters. The van der Waals surface area contributed by atoms with E-state index in [-0.39, 0.29) is 10.9 Å². The van der Waals surface area contributed by atoms with E-state index in [1.165, 1.54) is 0 Å². The van der Waals surface area contributed by atoms with Crippen molar-refractivity contribution in [3.8, 4) is 11.1 Å². The highest BCUT2D eigenvalue weighted by Crippen LogP contribution is 2.41. The molecule has 34 heavy (non-hydrogen) atoms. The number of primary amides is 1. The van der Waals surface area contributed by atoms with Gasteiger partial charge < -0.3 is 10.3 Å². The van der Waals surface area contributed by atoms with E-state index in [1.54, 1.807) is 28.7 Å². The van der Waals surface area contributed by atoms with Gasteiger partial charge in [0.1, 0.15) is 5.76 Å². The molecule has 2 N–H and O–H groups in total. The Labute approximate surface area is 199 Å². The molecule has 0 unspecified atom stereocenters. The Kier molecular flexibility index (Phi) is 5.93. The molecule has 180 valence electrons. The minimum atomic E-state index is -3.97. The van der Waals surface area contributed by atoms with Gasteiger partial charge in [0, 0.05) is 29.2 Å². The number of amides is 1. The van der Waals surface area contributed by atoms with Crippen LogP contribution < -0.4 is 5.73 Å². The number of nitrogens with zero attached hydrogens (tertiary/aromatic N) is 3. The number of aromatic nitrogens is 2. The minimum absolute atomic E-state index is 0.135. The fourth-order valence-corrected chi connectivity index (χ4v) is 8.06. The lowest BCUT2D eigenvalue weighted by atomic mass is 10.0. The quantitative estimate of drug-likeness (QED) is 0.565. The van der Waals surface area contributed by atoms with E-state index in [1.807, 2.05) is 19.9 Å². The number of hydrogen-bond acceptors (Lipinski definition) is 6. The second-order valence-corrected chi connectivity index (χ2v) is 11.3. The molecule has 8 nitrogen and oxygen atoms in total. The predicted molar refractivity (Wildman–Crippen MR) is 128 cm³/mol. The SMILES string of the molecule is Cc1noc(C)c1-c1cc(S(=O)(=O)N(C2CCCC2)[C@@H]2CCC[C@@H]2C(N)=O)c2cccnc2c1. The highest BCUT2D eigenvalue weighted by atomic mass is 32.2. The summed E-state index contributed by atoms with van der Waals surface area (Å²) >= 11 is 0. The maximum atomic E-state index is 14.5. The van der Waals surface area contributed by atoms with Crippen molar-refractivity contribution in [1.29, 1.82) is 0 Å². The number of carbonyl (C=O) groups is 1. The van der Waals surface area contributed by atoms with Crippen molar-refractivity contribution in [3.05, 3.63) is 41.9 Å². The molecule has 1 aromatic carbocycles. The fraction of sp³-hybridized carbons (Fsp3) is 0.480. The van der Waals surface area contributed by atoms with Crippen LogP contribution in [0.1, 0.15) is 56.4 Å². The number of benzene rings is 1. The molecular formula is C25H30N4O4S. The first-order valence-corrected chi connectivity index (χ1v) is 13.4. The lowest BCUT2D eigenvalue weighted by molar-refractivity contribution is -0.122. The molecule has 2 fully saturated rings. The number of pyridine rings is 1. The van der Waals surface area contributed by atoms with E-state index in [9.17, 15) is 13.2 Å². The summed E-state index contributed by atoms with van der Waals surface area (Å²) in [6, 6.07) is 6.58. The Hall–Kier alpha value is -2.78. The van der Waals surface area contributed by atoms with E-state index in [4.69, 9.17) is 10.3 Å². The Morgan fingerprint density at radius 1 is 1.12 bits per heavy atom. The van der Waals surface area contributed by atoms with Gasteiger partial charge in [-0.25, -0.2) is 8.42 Å². The maximum Gasteiger partial charge on any atom is 0.244 e. The second kappa shape index (κ2) is 8.78. The van der Waals surface area contributed by atoms with Crippen LogP contribution in [-0.4, -0.2) is 40.9 Å². The molecule has 9 heteroatoms. The van der Waals surface area contributed by atoms with Crippen LogP contribution in [-0.2, 0) is 14.8 Å². The van der Waals surface area contributed by atoms with Gasteiger partial charge in [-0.1, -0.05) is 24.4 Å². The van der Waals surface area contributed by atoms with Crippen molar-refractivity contribution in [2.45, 2.75) is 75.8 Å². The molecular weight excluding hydrogens is 452 g/mol. The number of fused-ring (bicyclic) bond motifs is 1. The Morgan fingerprint density at radius 3 is 2.56 bits per heavy atom. The molecule has 2 aromatic heterocycles. The minimum Gasteiger partial charge on any atom is -0.369 e. The molecule has 2 heterocycles. The van der Waals surface area contributed by atoms with Crippen LogP contribution in [0.3, 0.4) is 0 Å². The third kappa shape index (κ3) is 3.80. The van der Waals surface area contributed by atoms with Crippen molar-refractivity contribution in [3.63, 3.8) is 0 Å². The van der Waals surface area contributed by atoms with Crippen molar-refractivity contribution in [1.82, 2.24) is 14.4 Å². The number of nitrogens with two attached hydrogens (primary N) is 1. The molecule has 0 aliphatic heterocycles. The molecule has 2 aliphatic rings. The zero-order valence-electron chi connectivity index (χ0n) is 19.5. The van der Waals surface area contributed by atoms with Crippen molar-refractivity contribution < 1.29 is 17.7 Å². The summed E-state index contributed by atoms with van der Waals surface area (Å²) in [5.74, 6) is -0.268. The molecule has 2 aliphatic carbocycles. The first-order chi connectivity index (χ1) is 16.3. The Morgan fingerprint density at radius 2 is 1.88 bits per heavy atom. The lowest BCUT2D eigenvalue weighted by Crippen LogP contribution is -2.50. The summed E-state index contributed by atoms with van der Waals surface area (Å²) in [6.45, 7) is 3.65. The van der Waals surface area contributed by atoms with Crippen LogP contribution in [0.15, 0.2) is 39.9 Å². The van der Waals surface area contributed by atoms with Crippen LogP contribution in [0.25, 0.3) is 22.0 Å². The van der Waals surface area contributed by atoms with Gasteiger partial charge in [-0.3, -0.25) is 9.78 Å². The standard InChI is InChI=1S/C25H30N4O4S/c1-15-24(16(2)33-28-15)17-13-21-19(10-6-12-27-21)23(14-17)34(31,32)29(18-7-3-4-8-18)22-11-5-9-20(22)25(26)30/h6,10,12-14,18,20,22H,3-5,7-9,11H2,1-2H3,(H2,26,30)/t20-,22+/m0/s1. The van der Waals surface area contributed by atoms with Crippen LogP contribution in [0.5, 0.6) is 0 Å². The predicted octanol–water partition coefficient (Wildman–Crippen LogP) is 4.09. The summed E-state index contributed by atoms with van der Waals surface area (Å²) in [4.78, 5) is 16.9. The Balaban J connectivity index is 1.72. The monoisotopic (exact) mass is 482 g/mol. The van der Waals surface area contributed by atoms with Crippen molar-refractivity contribution in [2.24, 2.45) is 11.7 Å². The molecule has 3 aromatic rings. The molecule has 0 radical (unpaired) electrons. The first kappa shape index (κ1) is 23.0. The smallest absolute Gasteiger partial charge is 0.244 e. The van der Waals surface area contributed by atoms with Crippen LogP contribution >= 0.6 is 0 Å². The van der Waals surface area contributed by atoms with Crippen LogP contribution in [0, 0.1) is 19.8 Å². The molecule has 0 saturated heterocycles. The summed E-state index contributed by atoms with van der Waals surface area (Å²) in [5.41, 5.74) is 8.48. The normalized spacial score (nSPS) is 21.6. The zero-order valence-corrected chi connectivity index (χ0v) is 20.3. The number of rotatable bonds is 6. The van der Waals surface area contributed by atoms with E-state index >= 15 is 0 Å². The highest BCUT2D eigenvalue weighted by molar-refractivity contribution is 7.89. The molecule has 0 bridgehead atoms. The van der Waals surface area contributed by atoms with Gasteiger partial charge in [-0.15, -0.1) is 0 Å². The third-order valence-corrected chi connectivity index (χ3v) is 9.43. The average molecular weight is 483 g/mol. The van der Waals surface area contributed by atoms with Gasteiger partial charge in [-0.05, 0) is 69.4 Å². The Bertz CT molecular complexity index is 1320. The van der Waals surface area contributed by atoms with E-state index < -0.39 is 27.9 Å². The van der Waals surface area contributed by atoms with Crippen molar-refractivity contribution in [2.75, 3.05) is 0 Å². The van der Waals surface area contributed by atoms with E-state index in [0.29, 0.717) is 40.8 Å². The van der Waals surface area contributed by atoms with Gasteiger partial charge in [-0.2, -0.15) is 4.31 Å². The largest absolute Gasteiger partial charge is 0.369 e. The zero-order chi connectivity index (χ0) is 24.0. The maximum absolute atomic E-state index is 14.5. The molecule has 2 saturated carbocycles. The average Bonchev–Trinajstić information content (AvgIpc) is 3.56. The first-order valence-electron chi connectivity index (χ1n) is 11.9. The van der Waals surface area contributed by atoms with Crippen LogP contribution in [0.4, 0.5) is 0 Å². The number of sulfonamides is 1. The fourth-order valence-electron chi connectivity index (χ4n) is 5.90. The molecule has 5 rings (SSSR count). The van der Waals surface area contributed by atoms with Gasteiger partial charge >= 0.3 is 0 Å². The van der Waals surface area contributed by atoms with Gasteiger partial charge in [0.05, 0.1) is 22.0 Å². The molecule has 0 spiro atoms. The topological polar surface area (TPSA) is 119 Å². The third-order valence-electron chi connectivity index (χ3n) is 7.42.